The Kier molecular flexibility index (Phi) is 3.92. The van der Waals surface area contributed by atoms with Crippen LogP contribution < -0.4 is 10.6 Å². The average Bonchev–Trinajstić information content (AvgIpc) is 2.38. The van der Waals surface area contributed by atoms with Gasteiger partial charge in [0.15, 0.2) is 0 Å². The number of methoxy groups -OCH3 is 1. The lowest BCUT2D eigenvalue weighted by molar-refractivity contribution is -0.128. The summed E-state index contributed by atoms with van der Waals surface area (Å²) in [6.45, 7) is 1.90. The Labute approximate surface area is 116 Å². The first-order valence-electron chi connectivity index (χ1n) is 6.40. The van der Waals surface area contributed by atoms with E-state index in [0.29, 0.717) is 5.69 Å². The van der Waals surface area contributed by atoms with Crippen LogP contribution in [0.25, 0.3) is 0 Å². The molecule has 20 heavy (non-hydrogen) atoms. The van der Waals surface area contributed by atoms with Gasteiger partial charge in [-0.15, -0.1) is 0 Å². The summed E-state index contributed by atoms with van der Waals surface area (Å²) in [4.78, 5) is 23.0. The molecule has 2 N–H and O–H groups in total. The molecule has 1 aromatic rings. The number of nitrogens with one attached hydrogen (secondary N) is 2. The monoisotopic (exact) mass is 280 g/mol. The Morgan fingerprint density at radius 3 is 2.50 bits per heavy atom. The summed E-state index contributed by atoms with van der Waals surface area (Å²) in [7, 11) is 1.20. The zero-order valence-electron chi connectivity index (χ0n) is 11.5. The first-order valence-corrected chi connectivity index (χ1v) is 6.40. The molecule has 0 radical (unpaired) electrons. The van der Waals surface area contributed by atoms with Crippen LogP contribution in [0.5, 0.6) is 0 Å². The van der Waals surface area contributed by atoms with E-state index in [9.17, 15) is 14.0 Å². The van der Waals surface area contributed by atoms with Gasteiger partial charge in [-0.2, -0.15) is 0 Å². The van der Waals surface area contributed by atoms with Crippen molar-refractivity contribution in [1.82, 2.24) is 0 Å². The van der Waals surface area contributed by atoms with E-state index in [1.165, 1.54) is 25.3 Å². The van der Waals surface area contributed by atoms with Crippen LogP contribution in [0.2, 0.25) is 0 Å². The Balaban J connectivity index is 2.05. The smallest absolute Gasteiger partial charge is 0.411 e. The molecule has 1 saturated carbocycles. The van der Waals surface area contributed by atoms with Gasteiger partial charge < -0.3 is 10.1 Å². The van der Waals surface area contributed by atoms with Crippen LogP contribution in [-0.4, -0.2) is 19.1 Å². The van der Waals surface area contributed by atoms with E-state index in [4.69, 9.17) is 0 Å². The van der Waals surface area contributed by atoms with Crippen molar-refractivity contribution in [1.29, 1.82) is 0 Å². The zero-order chi connectivity index (χ0) is 14.8. The van der Waals surface area contributed by atoms with E-state index in [1.54, 1.807) is 0 Å². The number of halogens is 1. The quantitative estimate of drug-likeness (QED) is 0.893. The molecule has 6 heteroatoms. The minimum atomic E-state index is -0.748. The van der Waals surface area contributed by atoms with Gasteiger partial charge in [-0.3, -0.25) is 10.1 Å². The normalized spacial score (nSPS) is 15.9. The third-order valence-electron chi connectivity index (χ3n) is 3.65. The van der Waals surface area contributed by atoms with E-state index in [2.05, 4.69) is 15.4 Å². The molecule has 1 aliphatic rings. The van der Waals surface area contributed by atoms with Crippen LogP contribution >= 0.6 is 0 Å². The van der Waals surface area contributed by atoms with E-state index in [-0.39, 0.29) is 17.0 Å². The van der Waals surface area contributed by atoms with Crippen LogP contribution in [0.4, 0.5) is 20.6 Å². The summed E-state index contributed by atoms with van der Waals surface area (Å²) in [6, 6.07) is 4.09. The van der Waals surface area contributed by atoms with E-state index < -0.39 is 11.9 Å². The summed E-state index contributed by atoms with van der Waals surface area (Å²) in [5, 5.41) is 4.94. The Morgan fingerprint density at radius 1 is 1.30 bits per heavy atom. The first-order chi connectivity index (χ1) is 9.44. The highest BCUT2D eigenvalue weighted by atomic mass is 19.1. The fraction of sp³-hybridized carbons (Fsp3) is 0.429. The summed E-state index contributed by atoms with van der Waals surface area (Å²) in [6.07, 6.45) is 2.00. The topological polar surface area (TPSA) is 67.4 Å². The number of amides is 2. The number of benzene rings is 1. The summed E-state index contributed by atoms with van der Waals surface area (Å²) in [5.74, 6) is -0.733. The first kappa shape index (κ1) is 14.3. The van der Waals surface area contributed by atoms with Gasteiger partial charge in [0.25, 0.3) is 0 Å². The molecule has 0 saturated heterocycles. The Morgan fingerprint density at radius 2 is 2.00 bits per heavy atom. The van der Waals surface area contributed by atoms with Crippen molar-refractivity contribution in [2.75, 3.05) is 17.7 Å². The van der Waals surface area contributed by atoms with Gasteiger partial charge in [-0.1, -0.05) is 13.3 Å². The molecule has 0 atom stereocenters. The van der Waals surface area contributed by atoms with Crippen molar-refractivity contribution in [3.8, 4) is 0 Å². The second kappa shape index (κ2) is 5.48. The van der Waals surface area contributed by atoms with Crippen molar-refractivity contribution in [2.45, 2.75) is 26.2 Å². The molecular formula is C14H17FN2O3. The maximum Gasteiger partial charge on any atom is 0.411 e. The molecule has 108 valence electrons. The molecule has 1 aliphatic carbocycles. The van der Waals surface area contributed by atoms with Gasteiger partial charge in [0.1, 0.15) is 5.82 Å². The average molecular weight is 280 g/mol. The van der Waals surface area contributed by atoms with E-state index in [1.807, 2.05) is 6.92 Å². The van der Waals surface area contributed by atoms with Gasteiger partial charge in [0, 0.05) is 11.1 Å². The van der Waals surface area contributed by atoms with Crippen LogP contribution in [-0.2, 0) is 9.53 Å². The van der Waals surface area contributed by atoms with Gasteiger partial charge in [-0.25, -0.2) is 9.18 Å². The van der Waals surface area contributed by atoms with Crippen molar-refractivity contribution < 1.29 is 18.7 Å². The minimum Gasteiger partial charge on any atom is -0.453 e. The number of hydrogen-bond donors (Lipinski definition) is 2. The molecule has 0 spiro atoms. The Bertz CT molecular complexity index is 541. The highest BCUT2D eigenvalue weighted by Crippen LogP contribution is 2.41. The SMILES string of the molecule is COC(=O)Nc1ccc(NC(=O)C2(C)CCC2)cc1F. The van der Waals surface area contributed by atoms with Crippen LogP contribution in [0, 0.1) is 11.2 Å². The van der Waals surface area contributed by atoms with E-state index >= 15 is 0 Å². The maximum atomic E-state index is 13.8. The molecule has 1 aromatic carbocycles. The minimum absolute atomic E-state index is 0.00436. The van der Waals surface area contributed by atoms with Crippen LogP contribution in [0.1, 0.15) is 26.2 Å². The highest BCUT2D eigenvalue weighted by Gasteiger charge is 2.39. The number of carbonyl (C=O) groups excluding carboxylic acids is 2. The lowest BCUT2D eigenvalue weighted by atomic mass is 9.70. The van der Waals surface area contributed by atoms with Crippen molar-refractivity contribution in [2.24, 2.45) is 5.41 Å². The predicted octanol–water partition coefficient (Wildman–Crippen LogP) is 3.13. The second-order valence-corrected chi connectivity index (χ2v) is 5.18. The standard InChI is InChI=1S/C14H17FN2O3/c1-14(6-3-7-14)12(18)16-9-4-5-11(10(15)8-9)17-13(19)20-2/h4-5,8H,3,6-7H2,1-2H3,(H,16,18)(H,17,19). The predicted molar refractivity (Wildman–Crippen MR) is 73.0 cm³/mol. The summed E-state index contributed by atoms with van der Waals surface area (Å²) in [5.41, 5.74) is 0.0279. The van der Waals surface area contributed by atoms with Crippen LogP contribution in [0.15, 0.2) is 18.2 Å². The molecule has 2 amide bonds. The Hall–Kier alpha value is -2.11. The summed E-state index contributed by atoms with van der Waals surface area (Å²) >= 11 is 0. The van der Waals surface area contributed by atoms with Gasteiger partial charge in [0.2, 0.25) is 5.91 Å². The number of hydrogen-bond acceptors (Lipinski definition) is 3. The molecule has 0 bridgehead atoms. The lowest BCUT2D eigenvalue weighted by Crippen LogP contribution is -2.39. The number of ether oxygens (including phenoxy) is 1. The third kappa shape index (κ3) is 2.89. The second-order valence-electron chi connectivity index (χ2n) is 5.18. The fourth-order valence-electron chi connectivity index (χ4n) is 2.07. The molecule has 2 rings (SSSR count). The maximum absolute atomic E-state index is 13.8. The number of anilines is 2. The molecule has 0 unspecified atom stereocenters. The molecular weight excluding hydrogens is 263 g/mol. The van der Waals surface area contributed by atoms with Gasteiger partial charge in [-0.05, 0) is 31.0 Å². The van der Waals surface area contributed by atoms with Gasteiger partial charge in [0.05, 0.1) is 12.8 Å². The number of carbonyl (C=O) groups is 2. The highest BCUT2D eigenvalue weighted by molar-refractivity contribution is 5.96. The van der Waals surface area contributed by atoms with Crippen molar-refractivity contribution >= 4 is 23.4 Å². The third-order valence-corrected chi connectivity index (χ3v) is 3.65. The number of rotatable bonds is 3. The molecule has 5 nitrogen and oxygen atoms in total. The summed E-state index contributed by atoms with van der Waals surface area (Å²) < 4.78 is 18.2. The van der Waals surface area contributed by atoms with Crippen molar-refractivity contribution in [3.63, 3.8) is 0 Å². The zero-order valence-corrected chi connectivity index (χ0v) is 11.5. The molecule has 0 aromatic heterocycles. The molecule has 1 fully saturated rings. The van der Waals surface area contributed by atoms with Crippen molar-refractivity contribution in [3.05, 3.63) is 24.0 Å². The molecule has 0 heterocycles. The lowest BCUT2D eigenvalue weighted by Gasteiger charge is -2.36. The largest absolute Gasteiger partial charge is 0.453 e. The fourth-order valence-corrected chi connectivity index (χ4v) is 2.07. The van der Waals surface area contributed by atoms with E-state index in [0.717, 1.165) is 19.3 Å². The molecule has 0 aliphatic heterocycles. The van der Waals surface area contributed by atoms with Crippen LogP contribution in [0.3, 0.4) is 0 Å². The van der Waals surface area contributed by atoms with Gasteiger partial charge >= 0.3 is 6.09 Å².